The number of aliphatic hydroxyl groups excluding tert-OH is 1. The van der Waals surface area contributed by atoms with Gasteiger partial charge in [-0.3, -0.25) is 4.79 Å². The number of hydrogen-bond donors (Lipinski definition) is 2. The summed E-state index contributed by atoms with van der Waals surface area (Å²) in [5.41, 5.74) is 1.32. The molecule has 6 heteroatoms. The summed E-state index contributed by atoms with van der Waals surface area (Å²) in [6.45, 7) is 4.41. The fraction of sp³-hybridized carbons (Fsp3) is 0.375. The highest BCUT2D eigenvalue weighted by molar-refractivity contribution is 7.13. The van der Waals surface area contributed by atoms with E-state index >= 15 is 0 Å². The minimum absolute atomic E-state index is 0.0713. The van der Waals surface area contributed by atoms with Crippen molar-refractivity contribution < 1.29 is 14.6 Å². The molecule has 2 N–H and O–H groups in total. The number of benzene rings is 1. The molecule has 0 fully saturated rings. The molecule has 0 aliphatic rings. The number of nitrogens with one attached hydrogen (secondary N) is 1. The van der Waals surface area contributed by atoms with Crippen LogP contribution in [0.3, 0.4) is 0 Å². The minimum atomic E-state index is -0.255. The van der Waals surface area contributed by atoms with Gasteiger partial charge in [-0.2, -0.15) is 0 Å². The van der Waals surface area contributed by atoms with Gasteiger partial charge in [-0.15, -0.1) is 11.3 Å². The van der Waals surface area contributed by atoms with Gasteiger partial charge in [0.15, 0.2) is 0 Å². The zero-order valence-electron chi connectivity index (χ0n) is 12.7. The van der Waals surface area contributed by atoms with Gasteiger partial charge in [-0.25, -0.2) is 4.98 Å². The van der Waals surface area contributed by atoms with Crippen LogP contribution in [0, 0.1) is 0 Å². The minimum Gasteiger partial charge on any atom is -0.494 e. The Labute approximate surface area is 134 Å². The molecule has 2 rings (SSSR count). The first-order valence-corrected chi connectivity index (χ1v) is 8.16. The van der Waals surface area contributed by atoms with Gasteiger partial charge in [-0.05, 0) is 37.6 Å². The van der Waals surface area contributed by atoms with Crippen molar-refractivity contribution in [1.82, 2.24) is 10.3 Å². The number of aliphatic hydroxyl groups is 1. The van der Waals surface area contributed by atoms with E-state index in [1.54, 1.807) is 5.38 Å². The highest BCUT2D eigenvalue weighted by Gasteiger charge is 2.15. The van der Waals surface area contributed by atoms with E-state index in [2.05, 4.69) is 10.3 Å². The number of carbonyl (C=O) groups is 1. The maximum atomic E-state index is 12.1. The lowest BCUT2D eigenvalue weighted by Crippen LogP contribution is -2.37. The third-order valence-corrected chi connectivity index (χ3v) is 4.09. The average molecular weight is 320 g/mol. The van der Waals surface area contributed by atoms with Gasteiger partial charge >= 0.3 is 0 Å². The van der Waals surface area contributed by atoms with E-state index in [0.717, 1.165) is 16.3 Å². The Kier molecular flexibility index (Phi) is 5.91. The number of ether oxygens (including phenoxy) is 1. The second-order valence-electron chi connectivity index (χ2n) is 4.76. The SMILES string of the molecule is CCOc1ccc(-c2nc(C(=O)NC(CC)CO)cs2)cc1. The third kappa shape index (κ3) is 4.05. The molecule has 0 aliphatic carbocycles. The molecule has 1 aromatic carbocycles. The van der Waals surface area contributed by atoms with Gasteiger partial charge in [0.05, 0.1) is 19.3 Å². The highest BCUT2D eigenvalue weighted by atomic mass is 32.1. The van der Waals surface area contributed by atoms with Crippen LogP contribution in [0.2, 0.25) is 0 Å². The molecule has 1 atom stereocenters. The van der Waals surface area contributed by atoms with E-state index in [1.165, 1.54) is 11.3 Å². The van der Waals surface area contributed by atoms with Crippen LogP contribution >= 0.6 is 11.3 Å². The molecule has 1 aromatic heterocycles. The maximum Gasteiger partial charge on any atom is 0.271 e. The number of thiazole rings is 1. The Morgan fingerprint density at radius 1 is 1.36 bits per heavy atom. The van der Waals surface area contributed by atoms with Gasteiger partial charge in [0, 0.05) is 10.9 Å². The number of hydrogen-bond acceptors (Lipinski definition) is 5. The zero-order valence-corrected chi connectivity index (χ0v) is 13.5. The largest absolute Gasteiger partial charge is 0.494 e. The summed E-state index contributed by atoms with van der Waals surface area (Å²) in [5, 5.41) is 14.4. The lowest BCUT2D eigenvalue weighted by molar-refractivity contribution is 0.0910. The van der Waals surface area contributed by atoms with Crippen LogP contribution in [0.1, 0.15) is 30.8 Å². The van der Waals surface area contributed by atoms with Crippen LogP contribution in [0.15, 0.2) is 29.6 Å². The van der Waals surface area contributed by atoms with Gasteiger partial charge < -0.3 is 15.2 Å². The summed E-state index contributed by atoms with van der Waals surface area (Å²) < 4.78 is 5.40. The lowest BCUT2D eigenvalue weighted by atomic mass is 10.2. The quantitative estimate of drug-likeness (QED) is 0.823. The summed E-state index contributed by atoms with van der Waals surface area (Å²) in [6.07, 6.45) is 0.679. The topological polar surface area (TPSA) is 71.5 Å². The molecular formula is C16H20N2O3S. The van der Waals surface area contributed by atoms with Crippen LogP contribution in [0.4, 0.5) is 0 Å². The number of rotatable bonds is 7. The molecule has 0 radical (unpaired) electrons. The van der Waals surface area contributed by atoms with Crippen molar-refractivity contribution >= 4 is 17.2 Å². The van der Waals surface area contributed by atoms with Crippen molar-refractivity contribution in [2.24, 2.45) is 0 Å². The molecular weight excluding hydrogens is 300 g/mol. The Morgan fingerprint density at radius 2 is 2.09 bits per heavy atom. The first-order chi connectivity index (χ1) is 10.7. The van der Waals surface area contributed by atoms with Crippen molar-refractivity contribution in [2.75, 3.05) is 13.2 Å². The molecule has 0 bridgehead atoms. The molecule has 0 saturated carbocycles. The van der Waals surface area contributed by atoms with Gasteiger partial charge in [-0.1, -0.05) is 6.92 Å². The van der Waals surface area contributed by atoms with Gasteiger partial charge in [0.1, 0.15) is 16.5 Å². The predicted molar refractivity (Wildman–Crippen MR) is 87.4 cm³/mol. The molecule has 118 valence electrons. The number of amides is 1. The van der Waals surface area contributed by atoms with Crippen molar-refractivity contribution in [3.05, 3.63) is 35.3 Å². The summed E-state index contributed by atoms with van der Waals surface area (Å²) in [4.78, 5) is 16.4. The van der Waals surface area contributed by atoms with E-state index < -0.39 is 0 Å². The van der Waals surface area contributed by atoms with E-state index in [9.17, 15) is 4.79 Å². The highest BCUT2D eigenvalue weighted by Crippen LogP contribution is 2.25. The van der Waals surface area contributed by atoms with E-state index in [1.807, 2.05) is 38.1 Å². The third-order valence-electron chi connectivity index (χ3n) is 3.20. The number of aromatic nitrogens is 1. The summed E-state index contributed by atoms with van der Waals surface area (Å²) >= 11 is 1.42. The zero-order chi connectivity index (χ0) is 15.9. The van der Waals surface area contributed by atoms with Crippen molar-refractivity contribution in [3.63, 3.8) is 0 Å². The van der Waals surface area contributed by atoms with E-state index in [-0.39, 0.29) is 18.6 Å². The predicted octanol–water partition coefficient (Wildman–Crippen LogP) is 2.71. The van der Waals surface area contributed by atoms with Crippen molar-refractivity contribution in [3.8, 4) is 16.3 Å². The average Bonchev–Trinajstić information content (AvgIpc) is 3.03. The van der Waals surface area contributed by atoms with Crippen molar-refractivity contribution in [1.29, 1.82) is 0 Å². The van der Waals surface area contributed by atoms with Crippen LogP contribution in [-0.4, -0.2) is 35.3 Å². The normalized spacial score (nSPS) is 12.0. The molecule has 22 heavy (non-hydrogen) atoms. The van der Waals surface area contributed by atoms with E-state index in [0.29, 0.717) is 18.7 Å². The molecule has 1 heterocycles. The molecule has 1 unspecified atom stereocenters. The van der Waals surface area contributed by atoms with Crippen LogP contribution in [0.25, 0.3) is 10.6 Å². The second-order valence-corrected chi connectivity index (χ2v) is 5.61. The van der Waals surface area contributed by atoms with Gasteiger partial charge in [0.2, 0.25) is 0 Å². The molecule has 0 spiro atoms. The summed E-state index contributed by atoms with van der Waals surface area (Å²) in [7, 11) is 0. The Morgan fingerprint density at radius 3 is 2.68 bits per heavy atom. The summed E-state index contributed by atoms with van der Waals surface area (Å²) in [5.74, 6) is 0.559. The molecule has 5 nitrogen and oxygen atoms in total. The van der Waals surface area contributed by atoms with Crippen molar-refractivity contribution in [2.45, 2.75) is 26.3 Å². The monoisotopic (exact) mass is 320 g/mol. The van der Waals surface area contributed by atoms with Crippen LogP contribution in [0.5, 0.6) is 5.75 Å². The molecule has 1 amide bonds. The summed E-state index contributed by atoms with van der Waals surface area (Å²) in [6, 6.07) is 7.39. The maximum absolute atomic E-state index is 12.1. The molecule has 0 saturated heterocycles. The Balaban J connectivity index is 2.08. The van der Waals surface area contributed by atoms with E-state index in [4.69, 9.17) is 9.84 Å². The number of nitrogens with zero attached hydrogens (tertiary/aromatic N) is 1. The fourth-order valence-electron chi connectivity index (χ4n) is 1.91. The molecule has 2 aromatic rings. The lowest BCUT2D eigenvalue weighted by Gasteiger charge is -2.12. The molecule has 0 aliphatic heterocycles. The Hall–Kier alpha value is -1.92. The first kappa shape index (κ1) is 16.5. The Bertz CT molecular complexity index is 606. The first-order valence-electron chi connectivity index (χ1n) is 7.28. The van der Waals surface area contributed by atoms with Crippen LogP contribution in [-0.2, 0) is 0 Å². The fourth-order valence-corrected chi connectivity index (χ4v) is 2.71. The number of carbonyl (C=O) groups excluding carboxylic acids is 1. The van der Waals surface area contributed by atoms with Gasteiger partial charge in [0.25, 0.3) is 5.91 Å². The second kappa shape index (κ2) is 7.91. The smallest absolute Gasteiger partial charge is 0.271 e. The van der Waals surface area contributed by atoms with Crippen LogP contribution < -0.4 is 10.1 Å². The standard InChI is InChI=1S/C16H20N2O3S/c1-3-12(9-19)17-15(20)14-10-22-16(18-14)11-5-7-13(8-6-11)21-4-2/h5-8,10,12,19H,3-4,9H2,1-2H3,(H,17,20).